The van der Waals surface area contributed by atoms with E-state index in [9.17, 15) is 9.59 Å². The van der Waals surface area contributed by atoms with Crippen LogP contribution in [-0.4, -0.2) is 38.0 Å². The number of nitrogens with zero attached hydrogens (tertiary/aromatic N) is 3. The minimum atomic E-state index is 0.0272. The molecule has 2 aromatic rings. The molecular weight excluding hydrogens is 300 g/mol. The van der Waals surface area contributed by atoms with Crippen LogP contribution in [0.5, 0.6) is 0 Å². The number of carbonyl (C=O) groups is 2. The molecule has 1 aromatic heterocycles. The average Bonchev–Trinajstić information content (AvgIpc) is 3.05. The van der Waals surface area contributed by atoms with Crippen molar-refractivity contribution in [3.05, 3.63) is 30.1 Å². The van der Waals surface area contributed by atoms with Gasteiger partial charge in [0, 0.05) is 36.4 Å². The van der Waals surface area contributed by atoms with E-state index >= 15 is 0 Å². The normalized spacial score (nSPS) is 18.0. The first kappa shape index (κ1) is 14.8. The van der Waals surface area contributed by atoms with Crippen molar-refractivity contribution in [3.63, 3.8) is 0 Å². The molecule has 0 aliphatic carbocycles. The Bertz CT molecular complexity index is 728. The molecular formula is C15H16N4O2S. The fraction of sp³-hybridized carbons (Fsp3) is 0.333. The largest absolute Gasteiger partial charge is 0.311 e. The monoisotopic (exact) mass is 316 g/mol. The van der Waals surface area contributed by atoms with E-state index < -0.39 is 0 Å². The highest BCUT2D eigenvalue weighted by molar-refractivity contribution is 8.14. The summed E-state index contributed by atoms with van der Waals surface area (Å²) >= 11 is 1.24. The van der Waals surface area contributed by atoms with Gasteiger partial charge in [0.15, 0.2) is 10.9 Å². The van der Waals surface area contributed by atoms with Gasteiger partial charge < -0.3 is 4.90 Å². The zero-order valence-corrected chi connectivity index (χ0v) is 13.2. The Labute approximate surface area is 132 Å². The lowest BCUT2D eigenvalue weighted by Crippen LogP contribution is -2.24. The second-order valence-electron chi connectivity index (χ2n) is 5.23. The summed E-state index contributed by atoms with van der Waals surface area (Å²) in [6.07, 6.45) is 0.397. The molecule has 0 radical (unpaired) electrons. The maximum atomic E-state index is 12.2. The van der Waals surface area contributed by atoms with Gasteiger partial charge >= 0.3 is 0 Å². The molecule has 1 aliphatic heterocycles. The Kier molecular flexibility index (Phi) is 3.98. The van der Waals surface area contributed by atoms with Gasteiger partial charge in [-0.2, -0.15) is 5.10 Å². The van der Waals surface area contributed by atoms with Crippen LogP contribution in [0.4, 0.5) is 5.69 Å². The van der Waals surface area contributed by atoms with Crippen LogP contribution in [0, 0.1) is 6.92 Å². The van der Waals surface area contributed by atoms with Crippen molar-refractivity contribution >= 4 is 28.5 Å². The number of aromatic nitrogens is 3. The number of aryl methyl sites for hydroxylation is 1. The van der Waals surface area contributed by atoms with Crippen LogP contribution in [0.15, 0.2) is 24.3 Å². The molecule has 1 aromatic carbocycles. The lowest BCUT2D eigenvalue weighted by atomic mass is 10.2. The number of hydrogen-bond acceptors (Lipinski definition) is 5. The highest BCUT2D eigenvalue weighted by atomic mass is 32.2. The van der Waals surface area contributed by atoms with E-state index in [4.69, 9.17) is 0 Å². The summed E-state index contributed by atoms with van der Waals surface area (Å²) in [6, 6.07) is 7.59. The first-order chi connectivity index (χ1) is 10.5. The average molecular weight is 316 g/mol. The highest BCUT2D eigenvalue weighted by Gasteiger charge is 2.32. The molecule has 0 bridgehead atoms. The van der Waals surface area contributed by atoms with Gasteiger partial charge in [-0.3, -0.25) is 14.7 Å². The fourth-order valence-corrected chi connectivity index (χ4v) is 3.44. The topological polar surface area (TPSA) is 79.0 Å². The van der Waals surface area contributed by atoms with E-state index in [1.807, 2.05) is 31.2 Å². The summed E-state index contributed by atoms with van der Waals surface area (Å²) in [5.74, 6) is 1.40. The number of carbonyl (C=O) groups excluding carboxylic acids is 2. The number of amides is 1. The molecule has 114 valence electrons. The van der Waals surface area contributed by atoms with Crippen molar-refractivity contribution in [3.8, 4) is 11.4 Å². The predicted molar refractivity (Wildman–Crippen MR) is 85.6 cm³/mol. The van der Waals surface area contributed by atoms with Crippen molar-refractivity contribution in [2.75, 3.05) is 11.4 Å². The molecule has 1 amide bonds. The van der Waals surface area contributed by atoms with E-state index in [1.165, 1.54) is 18.7 Å². The van der Waals surface area contributed by atoms with Crippen molar-refractivity contribution in [1.29, 1.82) is 0 Å². The summed E-state index contributed by atoms with van der Waals surface area (Å²) in [5.41, 5.74) is 1.67. The van der Waals surface area contributed by atoms with E-state index in [-0.39, 0.29) is 16.3 Å². The third-order valence-electron chi connectivity index (χ3n) is 3.44. The lowest BCUT2D eigenvalue weighted by Gasteiger charge is -2.17. The van der Waals surface area contributed by atoms with Gasteiger partial charge in [-0.15, -0.1) is 0 Å². The Morgan fingerprint density at radius 1 is 1.45 bits per heavy atom. The number of H-pyrrole nitrogens is 1. The third-order valence-corrected chi connectivity index (χ3v) is 4.42. The zero-order valence-electron chi connectivity index (χ0n) is 12.4. The summed E-state index contributed by atoms with van der Waals surface area (Å²) in [6.45, 7) is 3.93. The lowest BCUT2D eigenvalue weighted by molar-refractivity contribution is -0.117. The molecule has 1 atom stereocenters. The molecule has 1 aliphatic rings. The maximum absolute atomic E-state index is 12.2. The Balaban J connectivity index is 1.83. The summed E-state index contributed by atoms with van der Waals surface area (Å²) in [4.78, 5) is 29.4. The summed E-state index contributed by atoms with van der Waals surface area (Å²) in [5, 5.41) is 7.02. The number of rotatable bonds is 3. The van der Waals surface area contributed by atoms with Crippen molar-refractivity contribution in [2.24, 2.45) is 0 Å². The van der Waals surface area contributed by atoms with E-state index in [0.29, 0.717) is 18.8 Å². The SMILES string of the molecule is CC(=O)SC1CC(=O)N(c2cccc(-c3n[nH]c(C)n3)c2)C1. The molecule has 7 heteroatoms. The van der Waals surface area contributed by atoms with Gasteiger partial charge in [-0.1, -0.05) is 23.9 Å². The first-order valence-corrected chi connectivity index (χ1v) is 7.88. The maximum Gasteiger partial charge on any atom is 0.228 e. The van der Waals surface area contributed by atoms with Gasteiger partial charge in [0.05, 0.1) is 0 Å². The van der Waals surface area contributed by atoms with Crippen LogP contribution >= 0.6 is 11.8 Å². The Morgan fingerprint density at radius 2 is 2.27 bits per heavy atom. The molecule has 1 saturated heterocycles. The van der Waals surface area contributed by atoms with Crippen LogP contribution in [0.2, 0.25) is 0 Å². The van der Waals surface area contributed by atoms with Gasteiger partial charge in [-0.05, 0) is 19.1 Å². The minimum Gasteiger partial charge on any atom is -0.311 e. The van der Waals surface area contributed by atoms with E-state index in [1.54, 1.807) is 4.90 Å². The van der Waals surface area contributed by atoms with Crippen molar-refractivity contribution in [1.82, 2.24) is 15.2 Å². The number of hydrogen-bond donors (Lipinski definition) is 1. The fourth-order valence-electron chi connectivity index (χ4n) is 2.52. The second kappa shape index (κ2) is 5.92. The smallest absolute Gasteiger partial charge is 0.228 e. The summed E-state index contributed by atoms with van der Waals surface area (Å²) in [7, 11) is 0. The van der Waals surface area contributed by atoms with Crippen LogP contribution in [-0.2, 0) is 9.59 Å². The Morgan fingerprint density at radius 3 is 2.95 bits per heavy atom. The quantitative estimate of drug-likeness (QED) is 0.939. The molecule has 22 heavy (non-hydrogen) atoms. The Hall–Kier alpha value is -2.15. The zero-order chi connectivity index (χ0) is 15.7. The molecule has 0 saturated carbocycles. The number of nitrogens with one attached hydrogen (secondary N) is 1. The molecule has 1 unspecified atom stereocenters. The van der Waals surface area contributed by atoms with E-state index in [0.717, 1.165) is 17.1 Å². The number of anilines is 1. The molecule has 2 heterocycles. The van der Waals surface area contributed by atoms with Crippen LogP contribution in [0.1, 0.15) is 19.2 Å². The number of aromatic amines is 1. The van der Waals surface area contributed by atoms with Gasteiger partial charge in [0.1, 0.15) is 5.82 Å². The summed E-state index contributed by atoms with van der Waals surface area (Å²) < 4.78 is 0. The highest BCUT2D eigenvalue weighted by Crippen LogP contribution is 2.30. The number of benzene rings is 1. The molecule has 1 N–H and O–H groups in total. The van der Waals surface area contributed by atoms with Crippen molar-refractivity contribution in [2.45, 2.75) is 25.5 Å². The second-order valence-corrected chi connectivity index (χ2v) is 6.71. The first-order valence-electron chi connectivity index (χ1n) is 7.00. The van der Waals surface area contributed by atoms with Crippen LogP contribution < -0.4 is 4.90 Å². The predicted octanol–water partition coefficient (Wildman–Crippen LogP) is 2.17. The van der Waals surface area contributed by atoms with E-state index in [2.05, 4.69) is 15.2 Å². The van der Waals surface area contributed by atoms with Crippen LogP contribution in [0.25, 0.3) is 11.4 Å². The van der Waals surface area contributed by atoms with Gasteiger partial charge in [0.25, 0.3) is 0 Å². The molecule has 3 rings (SSSR count). The molecule has 6 nitrogen and oxygen atoms in total. The van der Waals surface area contributed by atoms with Crippen LogP contribution in [0.3, 0.4) is 0 Å². The van der Waals surface area contributed by atoms with Gasteiger partial charge in [0.2, 0.25) is 5.91 Å². The third kappa shape index (κ3) is 3.04. The standard InChI is InChI=1S/C15H16N4O2S/c1-9-16-15(18-17-9)11-4-3-5-12(6-11)19-8-13(7-14(19)21)22-10(2)20/h3-6,13H,7-8H2,1-2H3,(H,16,17,18). The number of thioether (sulfide) groups is 1. The molecule has 1 fully saturated rings. The van der Waals surface area contributed by atoms with Gasteiger partial charge in [-0.25, -0.2) is 4.98 Å². The molecule has 0 spiro atoms. The van der Waals surface area contributed by atoms with Crippen molar-refractivity contribution < 1.29 is 9.59 Å². The minimum absolute atomic E-state index is 0.0272.